The monoisotopic (exact) mass is 395 g/mol. The molecule has 0 bridgehead atoms. The summed E-state index contributed by atoms with van der Waals surface area (Å²) in [6.45, 7) is 0.887. The average molecular weight is 395 g/mol. The van der Waals surface area contributed by atoms with Gasteiger partial charge in [-0.1, -0.05) is 91.0 Å². The lowest BCUT2D eigenvalue weighted by Crippen LogP contribution is -2.38. The van der Waals surface area contributed by atoms with Crippen LogP contribution < -0.4 is 4.90 Å². The zero-order valence-electron chi connectivity index (χ0n) is 16.4. The van der Waals surface area contributed by atoms with Crippen molar-refractivity contribution in [2.45, 2.75) is 5.54 Å². The number of anilines is 1. The maximum Gasteiger partial charge on any atom is 0.415 e. The fourth-order valence-corrected chi connectivity index (χ4v) is 4.18. The minimum Gasteiger partial charge on any atom is -0.447 e. The molecule has 1 amide bonds. The van der Waals surface area contributed by atoms with Gasteiger partial charge in [0.2, 0.25) is 0 Å². The van der Waals surface area contributed by atoms with E-state index in [1.165, 1.54) is 0 Å². The molecule has 1 aliphatic rings. The van der Waals surface area contributed by atoms with Gasteiger partial charge in [-0.15, -0.1) is 0 Å². The van der Waals surface area contributed by atoms with Gasteiger partial charge >= 0.3 is 6.09 Å². The van der Waals surface area contributed by atoms with Gasteiger partial charge in [0.05, 0.1) is 6.54 Å². The molecule has 1 aromatic heterocycles. The number of benzene rings is 3. The molecule has 5 heteroatoms. The Morgan fingerprint density at radius 2 is 1.23 bits per heavy atom. The SMILES string of the molecule is O=C1OCCN1c1ccn(C(c2ccccc2)(c2ccccc2)c2ccccc2)n1. The molecule has 1 saturated heterocycles. The molecule has 0 unspecified atom stereocenters. The molecule has 0 atom stereocenters. The Morgan fingerprint density at radius 3 is 1.67 bits per heavy atom. The molecule has 4 aromatic rings. The second-order valence-electron chi connectivity index (χ2n) is 7.19. The van der Waals surface area contributed by atoms with E-state index in [2.05, 4.69) is 36.4 Å². The highest BCUT2D eigenvalue weighted by Crippen LogP contribution is 2.40. The zero-order chi connectivity index (χ0) is 20.4. The van der Waals surface area contributed by atoms with Gasteiger partial charge in [0, 0.05) is 12.3 Å². The van der Waals surface area contributed by atoms with Gasteiger partial charge < -0.3 is 4.74 Å². The van der Waals surface area contributed by atoms with Crippen LogP contribution in [0.1, 0.15) is 16.7 Å². The molecule has 0 N–H and O–H groups in total. The summed E-state index contributed by atoms with van der Waals surface area (Å²) in [7, 11) is 0. The molecule has 148 valence electrons. The van der Waals surface area contributed by atoms with E-state index >= 15 is 0 Å². The molecule has 5 rings (SSSR count). The van der Waals surface area contributed by atoms with Crippen molar-refractivity contribution < 1.29 is 9.53 Å². The third-order valence-corrected chi connectivity index (χ3v) is 5.53. The van der Waals surface area contributed by atoms with Gasteiger partial charge in [-0.3, -0.25) is 9.58 Å². The summed E-state index contributed by atoms with van der Waals surface area (Å²) in [6.07, 6.45) is 1.58. The van der Waals surface area contributed by atoms with Gasteiger partial charge in [0.1, 0.15) is 12.1 Å². The number of amides is 1. The molecule has 2 heterocycles. The summed E-state index contributed by atoms with van der Waals surface area (Å²) in [6, 6.07) is 32.8. The van der Waals surface area contributed by atoms with E-state index in [0.717, 1.165) is 16.7 Å². The number of carbonyl (C=O) groups excluding carboxylic acids is 1. The Bertz CT molecular complexity index is 1040. The maximum atomic E-state index is 12.1. The first-order valence-corrected chi connectivity index (χ1v) is 9.97. The number of hydrogen-bond donors (Lipinski definition) is 0. The number of cyclic esters (lactones) is 1. The van der Waals surface area contributed by atoms with Crippen molar-refractivity contribution in [2.24, 2.45) is 0 Å². The Hall–Kier alpha value is -3.86. The molecular weight excluding hydrogens is 374 g/mol. The van der Waals surface area contributed by atoms with Crippen molar-refractivity contribution in [3.8, 4) is 0 Å². The Kier molecular flexibility index (Phi) is 4.56. The van der Waals surface area contributed by atoms with Crippen LogP contribution in [0.25, 0.3) is 0 Å². The van der Waals surface area contributed by atoms with Gasteiger partial charge in [-0.25, -0.2) is 4.79 Å². The highest BCUT2D eigenvalue weighted by molar-refractivity contribution is 5.88. The molecule has 30 heavy (non-hydrogen) atoms. The van der Waals surface area contributed by atoms with E-state index in [0.29, 0.717) is 19.0 Å². The predicted octanol–water partition coefficient (Wildman–Crippen LogP) is 4.68. The second-order valence-corrected chi connectivity index (χ2v) is 7.19. The lowest BCUT2D eigenvalue weighted by atomic mass is 9.77. The van der Waals surface area contributed by atoms with Crippen LogP contribution in [0.5, 0.6) is 0 Å². The second kappa shape index (κ2) is 7.52. The van der Waals surface area contributed by atoms with Crippen LogP contribution in [0.2, 0.25) is 0 Å². The maximum absolute atomic E-state index is 12.1. The molecule has 5 nitrogen and oxygen atoms in total. The zero-order valence-corrected chi connectivity index (χ0v) is 16.4. The number of carbonyl (C=O) groups is 1. The smallest absolute Gasteiger partial charge is 0.415 e. The van der Waals surface area contributed by atoms with E-state index < -0.39 is 5.54 Å². The molecule has 1 fully saturated rings. The summed E-state index contributed by atoms with van der Waals surface area (Å²) in [5.74, 6) is 0.588. The van der Waals surface area contributed by atoms with E-state index in [1.54, 1.807) is 4.90 Å². The van der Waals surface area contributed by atoms with Crippen LogP contribution in [0.4, 0.5) is 10.6 Å². The van der Waals surface area contributed by atoms with Gasteiger partial charge in [-0.05, 0) is 16.7 Å². The molecule has 0 spiro atoms. The molecule has 1 aliphatic heterocycles. The highest BCUT2D eigenvalue weighted by Gasteiger charge is 2.40. The summed E-state index contributed by atoms with van der Waals surface area (Å²) in [5, 5.41) is 4.89. The average Bonchev–Trinajstić information content (AvgIpc) is 3.46. The van der Waals surface area contributed by atoms with Crippen LogP contribution in [-0.4, -0.2) is 29.0 Å². The van der Waals surface area contributed by atoms with Gasteiger partial charge in [0.15, 0.2) is 5.82 Å². The Morgan fingerprint density at radius 1 is 0.733 bits per heavy atom. The summed E-state index contributed by atoms with van der Waals surface area (Å²) < 4.78 is 7.06. The molecular formula is C25H21N3O2. The molecule has 0 saturated carbocycles. The van der Waals surface area contributed by atoms with E-state index in [4.69, 9.17) is 9.84 Å². The summed E-state index contributed by atoms with van der Waals surface area (Å²) in [4.78, 5) is 13.7. The first-order valence-electron chi connectivity index (χ1n) is 9.97. The number of ether oxygens (including phenoxy) is 1. The first kappa shape index (κ1) is 18.2. The van der Waals surface area contributed by atoms with E-state index in [9.17, 15) is 4.79 Å². The predicted molar refractivity (Wildman–Crippen MR) is 116 cm³/mol. The Balaban J connectivity index is 1.79. The van der Waals surface area contributed by atoms with Crippen LogP contribution in [0.3, 0.4) is 0 Å². The van der Waals surface area contributed by atoms with Crippen molar-refractivity contribution in [1.29, 1.82) is 0 Å². The third kappa shape index (κ3) is 2.87. The number of rotatable bonds is 5. The van der Waals surface area contributed by atoms with Crippen molar-refractivity contribution in [1.82, 2.24) is 9.78 Å². The van der Waals surface area contributed by atoms with Crippen LogP contribution >= 0.6 is 0 Å². The third-order valence-electron chi connectivity index (χ3n) is 5.53. The van der Waals surface area contributed by atoms with Crippen molar-refractivity contribution >= 4 is 11.9 Å². The Labute approximate surface area is 175 Å². The largest absolute Gasteiger partial charge is 0.447 e. The fraction of sp³-hybridized carbons (Fsp3) is 0.120. The van der Waals surface area contributed by atoms with E-state index in [-0.39, 0.29) is 6.09 Å². The normalized spacial score (nSPS) is 14.0. The standard InChI is InChI=1S/C25H21N3O2/c29-24-27(18-19-30-24)23-16-17-28(26-23)25(20-10-4-1-5-11-20,21-12-6-2-7-13-21)22-14-8-3-9-15-22/h1-17H,18-19H2. The minimum atomic E-state index is -0.689. The quantitative estimate of drug-likeness (QED) is 0.461. The lowest BCUT2D eigenvalue weighted by molar-refractivity contribution is 0.181. The lowest BCUT2D eigenvalue weighted by Gasteiger charge is -2.36. The summed E-state index contributed by atoms with van der Waals surface area (Å²) >= 11 is 0. The van der Waals surface area contributed by atoms with Crippen molar-refractivity contribution in [3.63, 3.8) is 0 Å². The number of hydrogen-bond acceptors (Lipinski definition) is 3. The first-order chi connectivity index (χ1) is 14.8. The van der Waals surface area contributed by atoms with Gasteiger partial charge in [-0.2, -0.15) is 5.10 Å². The molecule has 0 aliphatic carbocycles. The van der Waals surface area contributed by atoms with Crippen molar-refractivity contribution in [2.75, 3.05) is 18.1 Å². The molecule has 0 radical (unpaired) electrons. The topological polar surface area (TPSA) is 47.4 Å². The van der Waals surface area contributed by atoms with Crippen molar-refractivity contribution in [3.05, 3.63) is 120 Å². The van der Waals surface area contributed by atoms with Crippen LogP contribution in [-0.2, 0) is 10.3 Å². The van der Waals surface area contributed by atoms with Crippen LogP contribution in [0, 0.1) is 0 Å². The van der Waals surface area contributed by atoms with Gasteiger partial charge in [0.25, 0.3) is 0 Å². The van der Waals surface area contributed by atoms with E-state index in [1.807, 2.05) is 71.5 Å². The fourth-order valence-electron chi connectivity index (χ4n) is 4.18. The van der Waals surface area contributed by atoms with Crippen LogP contribution in [0.15, 0.2) is 103 Å². The minimum absolute atomic E-state index is 0.356. The summed E-state index contributed by atoms with van der Waals surface area (Å²) in [5.41, 5.74) is 2.56. The number of nitrogens with zero attached hydrogens (tertiary/aromatic N) is 3. The highest BCUT2D eigenvalue weighted by atomic mass is 16.6. The number of aromatic nitrogens is 2. The molecule has 3 aromatic carbocycles.